The van der Waals surface area contributed by atoms with E-state index in [-0.39, 0.29) is 17.5 Å². The average Bonchev–Trinajstić information content (AvgIpc) is 2.78. The van der Waals surface area contributed by atoms with E-state index in [0.29, 0.717) is 12.2 Å². The Morgan fingerprint density at radius 1 is 1.39 bits per heavy atom. The third-order valence-electron chi connectivity index (χ3n) is 2.53. The number of halogens is 2. The quantitative estimate of drug-likeness (QED) is 0.909. The SMILES string of the molecule is CCCC(N)c1noc(-c2ccc(F)cc2F)n1. The van der Waals surface area contributed by atoms with Crippen molar-refractivity contribution in [2.75, 3.05) is 0 Å². The Hall–Kier alpha value is -1.82. The molecule has 0 spiro atoms. The molecule has 0 aliphatic carbocycles. The topological polar surface area (TPSA) is 64.9 Å². The second kappa shape index (κ2) is 5.22. The molecule has 1 atom stereocenters. The van der Waals surface area contributed by atoms with E-state index in [4.69, 9.17) is 10.3 Å². The van der Waals surface area contributed by atoms with Gasteiger partial charge in [0.05, 0.1) is 11.6 Å². The maximum Gasteiger partial charge on any atom is 0.260 e. The Bertz CT molecular complexity index is 542. The van der Waals surface area contributed by atoms with E-state index in [9.17, 15) is 8.78 Å². The number of nitrogens with two attached hydrogens (primary N) is 1. The summed E-state index contributed by atoms with van der Waals surface area (Å²) in [6.45, 7) is 1.99. The van der Waals surface area contributed by atoms with Crippen LogP contribution in [0.5, 0.6) is 0 Å². The first-order valence-electron chi connectivity index (χ1n) is 5.66. The van der Waals surface area contributed by atoms with Crippen LogP contribution >= 0.6 is 0 Å². The molecule has 0 fully saturated rings. The predicted octanol–water partition coefficient (Wildman–Crippen LogP) is 2.81. The van der Waals surface area contributed by atoms with Gasteiger partial charge < -0.3 is 10.3 Å². The molecule has 0 bridgehead atoms. The summed E-state index contributed by atoms with van der Waals surface area (Å²) in [5.74, 6) is -1.06. The highest BCUT2D eigenvalue weighted by Gasteiger charge is 2.17. The lowest BCUT2D eigenvalue weighted by atomic mass is 10.1. The van der Waals surface area contributed by atoms with Crippen LogP contribution in [0.15, 0.2) is 22.7 Å². The largest absolute Gasteiger partial charge is 0.334 e. The first-order valence-corrected chi connectivity index (χ1v) is 5.66. The normalized spacial score (nSPS) is 12.7. The van der Waals surface area contributed by atoms with Crippen LogP contribution in [0.2, 0.25) is 0 Å². The second-order valence-corrected chi connectivity index (χ2v) is 3.98. The van der Waals surface area contributed by atoms with Crippen molar-refractivity contribution in [3.63, 3.8) is 0 Å². The Balaban J connectivity index is 2.29. The van der Waals surface area contributed by atoms with Gasteiger partial charge in [-0.2, -0.15) is 4.98 Å². The molecule has 1 heterocycles. The van der Waals surface area contributed by atoms with E-state index >= 15 is 0 Å². The van der Waals surface area contributed by atoms with Gasteiger partial charge in [-0.3, -0.25) is 0 Å². The van der Waals surface area contributed by atoms with Gasteiger partial charge >= 0.3 is 0 Å². The molecule has 18 heavy (non-hydrogen) atoms. The van der Waals surface area contributed by atoms with Crippen LogP contribution in [0, 0.1) is 11.6 Å². The summed E-state index contributed by atoms with van der Waals surface area (Å²) >= 11 is 0. The Labute approximate surface area is 103 Å². The lowest BCUT2D eigenvalue weighted by Gasteiger charge is -2.02. The van der Waals surface area contributed by atoms with Gasteiger partial charge in [-0.15, -0.1) is 0 Å². The van der Waals surface area contributed by atoms with Gasteiger partial charge in [0.1, 0.15) is 11.6 Å². The van der Waals surface area contributed by atoms with Crippen LogP contribution < -0.4 is 5.73 Å². The molecule has 2 aromatic rings. The highest BCUT2D eigenvalue weighted by molar-refractivity contribution is 5.53. The van der Waals surface area contributed by atoms with Crippen molar-refractivity contribution in [3.05, 3.63) is 35.7 Å². The minimum Gasteiger partial charge on any atom is -0.334 e. The van der Waals surface area contributed by atoms with Gasteiger partial charge in [0.2, 0.25) is 0 Å². The molecule has 2 rings (SSSR count). The van der Waals surface area contributed by atoms with Crippen molar-refractivity contribution in [1.29, 1.82) is 0 Å². The zero-order valence-electron chi connectivity index (χ0n) is 9.86. The Morgan fingerprint density at radius 3 is 2.83 bits per heavy atom. The summed E-state index contributed by atoms with van der Waals surface area (Å²) in [5.41, 5.74) is 5.89. The van der Waals surface area contributed by atoms with E-state index in [0.717, 1.165) is 18.6 Å². The Morgan fingerprint density at radius 2 is 2.17 bits per heavy atom. The Kier molecular flexibility index (Phi) is 3.66. The monoisotopic (exact) mass is 253 g/mol. The molecular weight excluding hydrogens is 240 g/mol. The highest BCUT2D eigenvalue weighted by Crippen LogP contribution is 2.23. The summed E-state index contributed by atoms with van der Waals surface area (Å²) in [6, 6.07) is 2.82. The predicted molar refractivity (Wildman–Crippen MR) is 61.5 cm³/mol. The highest BCUT2D eigenvalue weighted by atomic mass is 19.1. The molecule has 96 valence electrons. The van der Waals surface area contributed by atoms with Crippen molar-refractivity contribution in [1.82, 2.24) is 10.1 Å². The molecule has 2 N–H and O–H groups in total. The second-order valence-electron chi connectivity index (χ2n) is 3.98. The molecule has 0 saturated heterocycles. The molecule has 1 aromatic carbocycles. The van der Waals surface area contributed by atoms with E-state index in [1.165, 1.54) is 6.07 Å². The van der Waals surface area contributed by atoms with Gasteiger partial charge in [-0.1, -0.05) is 18.5 Å². The van der Waals surface area contributed by atoms with E-state index in [1.54, 1.807) is 0 Å². The van der Waals surface area contributed by atoms with Gasteiger partial charge in [-0.25, -0.2) is 8.78 Å². The minimum atomic E-state index is -0.741. The molecular formula is C12H13F2N3O. The molecule has 0 aliphatic heterocycles. The summed E-state index contributed by atoms with van der Waals surface area (Å²) in [7, 11) is 0. The molecule has 4 nitrogen and oxygen atoms in total. The fraction of sp³-hybridized carbons (Fsp3) is 0.333. The third kappa shape index (κ3) is 2.53. The number of benzene rings is 1. The number of aromatic nitrogens is 2. The molecule has 0 amide bonds. The smallest absolute Gasteiger partial charge is 0.260 e. The third-order valence-corrected chi connectivity index (χ3v) is 2.53. The van der Waals surface area contributed by atoms with Crippen molar-refractivity contribution < 1.29 is 13.3 Å². The van der Waals surface area contributed by atoms with Gasteiger partial charge in [0.25, 0.3) is 5.89 Å². The zero-order chi connectivity index (χ0) is 13.1. The summed E-state index contributed by atoms with van der Waals surface area (Å²) in [4.78, 5) is 4.02. The molecule has 0 radical (unpaired) electrons. The van der Waals surface area contributed by atoms with Crippen LogP contribution in [0.25, 0.3) is 11.5 Å². The summed E-state index contributed by atoms with van der Waals surface area (Å²) < 4.78 is 31.2. The van der Waals surface area contributed by atoms with Gasteiger partial charge in [0, 0.05) is 6.07 Å². The van der Waals surface area contributed by atoms with E-state index < -0.39 is 11.6 Å². The van der Waals surface area contributed by atoms with Crippen LogP contribution in [0.3, 0.4) is 0 Å². The molecule has 0 aliphatic rings. The molecule has 0 saturated carbocycles. The van der Waals surface area contributed by atoms with Crippen molar-refractivity contribution in [3.8, 4) is 11.5 Å². The van der Waals surface area contributed by atoms with Crippen molar-refractivity contribution >= 4 is 0 Å². The van der Waals surface area contributed by atoms with Crippen LogP contribution in [0.4, 0.5) is 8.78 Å². The molecule has 1 unspecified atom stereocenters. The number of hydrogen-bond donors (Lipinski definition) is 1. The maximum atomic E-state index is 13.5. The van der Waals surface area contributed by atoms with E-state index in [2.05, 4.69) is 10.1 Å². The fourth-order valence-electron chi connectivity index (χ4n) is 1.60. The van der Waals surface area contributed by atoms with Gasteiger partial charge in [0.15, 0.2) is 5.82 Å². The van der Waals surface area contributed by atoms with Gasteiger partial charge in [-0.05, 0) is 18.6 Å². The molecule has 1 aromatic heterocycles. The minimum absolute atomic E-state index is 0.00838. The standard InChI is InChI=1S/C12H13F2N3O/c1-2-3-10(15)11-16-12(18-17-11)8-5-4-7(13)6-9(8)14/h4-6,10H,2-3,15H2,1H3. The molecule has 6 heteroatoms. The lowest BCUT2D eigenvalue weighted by molar-refractivity contribution is 0.411. The average molecular weight is 253 g/mol. The number of nitrogens with zero attached hydrogens (tertiary/aromatic N) is 2. The summed E-state index contributed by atoms with van der Waals surface area (Å²) in [6.07, 6.45) is 1.60. The number of rotatable bonds is 4. The van der Waals surface area contributed by atoms with Crippen molar-refractivity contribution in [2.24, 2.45) is 5.73 Å². The van der Waals surface area contributed by atoms with Crippen LogP contribution in [-0.4, -0.2) is 10.1 Å². The maximum absolute atomic E-state index is 13.5. The first-order chi connectivity index (χ1) is 8.61. The summed E-state index contributed by atoms with van der Waals surface area (Å²) in [5, 5.41) is 3.70. The number of hydrogen-bond acceptors (Lipinski definition) is 4. The van der Waals surface area contributed by atoms with Crippen LogP contribution in [0.1, 0.15) is 31.6 Å². The lowest BCUT2D eigenvalue weighted by Crippen LogP contribution is -2.11. The first kappa shape index (κ1) is 12.6. The van der Waals surface area contributed by atoms with E-state index in [1.807, 2.05) is 6.92 Å². The van der Waals surface area contributed by atoms with Crippen LogP contribution in [-0.2, 0) is 0 Å². The zero-order valence-corrected chi connectivity index (χ0v) is 9.86. The van der Waals surface area contributed by atoms with Crippen molar-refractivity contribution in [2.45, 2.75) is 25.8 Å². The fourth-order valence-corrected chi connectivity index (χ4v) is 1.60.